The van der Waals surface area contributed by atoms with Crippen LogP contribution >= 0.6 is 15.9 Å². The molecule has 112 valence electrons. The van der Waals surface area contributed by atoms with Crippen molar-refractivity contribution < 1.29 is 17.2 Å². The molecule has 1 aromatic rings. The smallest absolute Gasteiger partial charge is 0.246 e. The number of benzene rings is 1. The van der Waals surface area contributed by atoms with Gasteiger partial charge in [-0.2, -0.15) is 4.31 Å². The van der Waals surface area contributed by atoms with E-state index in [1.807, 2.05) is 0 Å². The highest BCUT2D eigenvalue weighted by molar-refractivity contribution is 9.10. The summed E-state index contributed by atoms with van der Waals surface area (Å²) in [5.74, 6) is -1.75. The predicted octanol–water partition coefficient (Wildman–Crippen LogP) is 2.10. The molecule has 0 spiro atoms. The molecule has 1 aliphatic rings. The molecule has 0 bridgehead atoms. The van der Waals surface area contributed by atoms with Crippen molar-refractivity contribution in [1.29, 1.82) is 0 Å². The minimum Gasteiger partial charge on any atom is -0.316 e. The molecular weight excluding hydrogens is 354 g/mol. The van der Waals surface area contributed by atoms with Crippen molar-refractivity contribution in [3.8, 4) is 0 Å². The Morgan fingerprint density at radius 1 is 1.35 bits per heavy atom. The molecule has 0 saturated carbocycles. The molecule has 20 heavy (non-hydrogen) atoms. The fourth-order valence-corrected chi connectivity index (χ4v) is 4.13. The van der Waals surface area contributed by atoms with E-state index in [0.29, 0.717) is 13.0 Å². The molecule has 1 heterocycles. The molecule has 1 aliphatic heterocycles. The van der Waals surface area contributed by atoms with Crippen LogP contribution in [0.25, 0.3) is 0 Å². The van der Waals surface area contributed by atoms with Crippen molar-refractivity contribution in [2.24, 2.45) is 0 Å². The Labute approximate surface area is 125 Å². The number of hydrogen-bond acceptors (Lipinski definition) is 3. The first-order valence-electron chi connectivity index (χ1n) is 6.18. The van der Waals surface area contributed by atoms with Crippen LogP contribution in [0.2, 0.25) is 0 Å². The minimum absolute atomic E-state index is 0.0295. The maximum Gasteiger partial charge on any atom is 0.246 e. The lowest BCUT2D eigenvalue weighted by molar-refractivity contribution is 0.292. The number of halogens is 3. The molecule has 1 unspecified atom stereocenters. The summed E-state index contributed by atoms with van der Waals surface area (Å²) in [5.41, 5.74) is 0. The van der Waals surface area contributed by atoms with Crippen LogP contribution in [0.5, 0.6) is 0 Å². The quantitative estimate of drug-likeness (QED) is 0.831. The maximum atomic E-state index is 13.8. The Kier molecular flexibility index (Phi) is 4.78. The molecule has 2 rings (SSSR count). The van der Waals surface area contributed by atoms with Crippen LogP contribution < -0.4 is 5.32 Å². The Bertz CT molecular complexity index is 610. The molecule has 1 saturated heterocycles. The number of likely N-dealkylation sites (N-methyl/N-ethyl adjacent to an activating group) is 1. The third kappa shape index (κ3) is 3.03. The van der Waals surface area contributed by atoms with E-state index < -0.39 is 26.6 Å². The second-order valence-corrected chi connectivity index (χ2v) is 7.45. The van der Waals surface area contributed by atoms with E-state index in [0.717, 1.165) is 18.6 Å². The van der Waals surface area contributed by atoms with Gasteiger partial charge < -0.3 is 5.32 Å². The van der Waals surface area contributed by atoms with Gasteiger partial charge in [-0.25, -0.2) is 17.2 Å². The zero-order chi connectivity index (χ0) is 14.9. The highest BCUT2D eigenvalue weighted by Crippen LogP contribution is 2.27. The third-order valence-electron chi connectivity index (χ3n) is 3.39. The summed E-state index contributed by atoms with van der Waals surface area (Å²) in [6.45, 7) is 0.577. The van der Waals surface area contributed by atoms with Crippen molar-refractivity contribution in [3.05, 3.63) is 28.2 Å². The topological polar surface area (TPSA) is 49.4 Å². The van der Waals surface area contributed by atoms with Gasteiger partial charge in [0.1, 0.15) is 16.5 Å². The van der Waals surface area contributed by atoms with Crippen LogP contribution in [0.15, 0.2) is 21.5 Å². The molecule has 4 nitrogen and oxygen atoms in total. The lowest BCUT2D eigenvalue weighted by Crippen LogP contribution is -2.47. The normalized spacial score (nSPS) is 21.1. The molecule has 8 heteroatoms. The average Bonchev–Trinajstić information content (AvgIpc) is 2.42. The summed E-state index contributed by atoms with van der Waals surface area (Å²) in [6, 6.07) is 1.58. The van der Waals surface area contributed by atoms with Gasteiger partial charge in [0.2, 0.25) is 10.0 Å². The van der Waals surface area contributed by atoms with Gasteiger partial charge in [-0.15, -0.1) is 0 Å². The summed E-state index contributed by atoms with van der Waals surface area (Å²) in [5, 5.41) is 3.01. The minimum atomic E-state index is -4.02. The van der Waals surface area contributed by atoms with Crippen molar-refractivity contribution in [2.75, 3.05) is 20.1 Å². The Morgan fingerprint density at radius 2 is 2.05 bits per heavy atom. The number of nitrogens with zero attached hydrogens (tertiary/aromatic N) is 1. The standard InChI is InChI=1S/C12H15BrF2N2O2S/c1-16-8-3-2-4-17(7-8)20(18,19)12-6-10(14)9(13)5-11(12)15/h5-6,8,16H,2-4,7H2,1H3. The van der Waals surface area contributed by atoms with Crippen LogP contribution in [0.1, 0.15) is 12.8 Å². The number of sulfonamides is 1. The largest absolute Gasteiger partial charge is 0.316 e. The number of rotatable bonds is 3. The monoisotopic (exact) mass is 368 g/mol. The number of piperidine rings is 1. The van der Waals surface area contributed by atoms with E-state index in [-0.39, 0.29) is 17.1 Å². The first-order chi connectivity index (χ1) is 9.36. The van der Waals surface area contributed by atoms with E-state index in [1.54, 1.807) is 7.05 Å². The van der Waals surface area contributed by atoms with Gasteiger partial charge in [0.05, 0.1) is 4.47 Å². The molecule has 0 radical (unpaired) electrons. The van der Waals surface area contributed by atoms with Gasteiger partial charge in [0, 0.05) is 19.1 Å². The lowest BCUT2D eigenvalue weighted by Gasteiger charge is -2.31. The Hall–Kier alpha value is -0.570. The highest BCUT2D eigenvalue weighted by Gasteiger charge is 2.32. The van der Waals surface area contributed by atoms with Crippen LogP contribution in [-0.4, -0.2) is 38.9 Å². The van der Waals surface area contributed by atoms with Crippen molar-refractivity contribution in [1.82, 2.24) is 9.62 Å². The van der Waals surface area contributed by atoms with Crippen molar-refractivity contribution >= 4 is 26.0 Å². The fraction of sp³-hybridized carbons (Fsp3) is 0.500. The number of hydrogen-bond donors (Lipinski definition) is 1. The lowest BCUT2D eigenvalue weighted by atomic mass is 10.1. The molecule has 1 aromatic carbocycles. The van der Waals surface area contributed by atoms with E-state index in [9.17, 15) is 17.2 Å². The summed E-state index contributed by atoms with van der Waals surface area (Å²) >= 11 is 2.83. The molecular formula is C12H15BrF2N2O2S. The van der Waals surface area contributed by atoms with Crippen LogP contribution in [-0.2, 0) is 10.0 Å². The van der Waals surface area contributed by atoms with Gasteiger partial charge in [0.15, 0.2) is 0 Å². The molecule has 1 atom stereocenters. The molecule has 1 fully saturated rings. The first kappa shape index (κ1) is 15.8. The summed E-state index contributed by atoms with van der Waals surface area (Å²) in [4.78, 5) is -0.616. The summed E-state index contributed by atoms with van der Waals surface area (Å²) in [7, 11) is -2.27. The fourth-order valence-electron chi connectivity index (χ4n) is 2.24. The van der Waals surface area contributed by atoms with Gasteiger partial charge in [-0.3, -0.25) is 0 Å². The second-order valence-electron chi connectivity index (χ2n) is 4.69. The summed E-state index contributed by atoms with van der Waals surface area (Å²) < 4.78 is 53.3. The SMILES string of the molecule is CNC1CCCN(S(=O)(=O)c2cc(F)c(Br)cc2F)C1. The van der Waals surface area contributed by atoms with Crippen molar-refractivity contribution in [3.63, 3.8) is 0 Å². The third-order valence-corrected chi connectivity index (χ3v) is 5.87. The molecule has 0 amide bonds. The summed E-state index contributed by atoms with van der Waals surface area (Å²) in [6.07, 6.45) is 1.55. The van der Waals surface area contributed by atoms with Gasteiger partial charge in [-0.05, 0) is 48.0 Å². The molecule has 1 N–H and O–H groups in total. The van der Waals surface area contributed by atoms with Gasteiger partial charge in [0.25, 0.3) is 0 Å². The zero-order valence-electron chi connectivity index (χ0n) is 10.9. The average molecular weight is 369 g/mol. The van der Waals surface area contributed by atoms with E-state index in [1.165, 1.54) is 4.31 Å². The maximum absolute atomic E-state index is 13.8. The van der Waals surface area contributed by atoms with Crippen LogP contribution in [0.4, 0.5) is 8.78 Å². The Balaban J connectivity index is 2.37. The second kappa shape index (κ2) is 6.05. The molecule has 0 aromatic heterocycles. The van der Waals surface area contributed by atoms with Crippen LogP contribution in [0, 0.1) is 11.6 Å². The molecule has 0 aliphatic carbocycles. The van der Waals surface area contributed by atoms with Gasteiger partial charge in [-0.1, -0.05) is 0 Å². The van der Waals surface area contributed by atoms with E-state index in [2.05, 4.69) is 21.2 Å². The first-order valence-corrected chi connectivity index (χ1v) is 8.41. The highest BCUT2D eigenvalue weighted by atomic mass is 79.9. The van der Waals surface area contributed by atoms with Crippen molar-refractivity contribution in [2.45, 2.75) is 23.8 Å². The van der Waals surface area contributed by atoms with E-state index in [4.69, 9.17) is 0 Å². The predicted molar refractivity (Wildman–Crippen MR) is 74.9 cm³/mol. The number of nitrogens with one attached hydrogen (secondary N) is 1. The Morgan fingerprint density at radius 3 is 2.70 bits per heavy atom. The zero-order valence-corrected chi connectivity index (χ0v) is 13.3. The van der Waals surface area contributed by atoms with E-state index >= 15 is 0 Å². The van der Waals surface area contributed by atoms with Gasteiger partial charge >= 0.3 is 0 Å². The van der Waals surface area contributed by atoms with Crippen LogP contribution in [0.3, 0.4) is 0 Å².